The fourth-order valence-electron chi connectivity index (χ4n) is 2.17. The zero-order valence-electron chi connectivity index (χ0n) is 11.2. The number of hydrogen-bond acceptors (Lipinski definition) is 2. The molecule has 0 spiro atoms. The zero-order chi connectivity index (χ0) is 13.9. The quantitative estimate of drug-likeness (QED) is 0.876. The van der Waals surface area contributed by atoms with Crippen molar-refractivity contribution in [3.8, 4) is 0 Å². The van der Waals surface area contributed by atoms with E-state index in [1.165, 1.54) is 10.8 Å². The normalized spacial score (nSPS) is 14.2. The van der Waals surface area contributed by atoms with Crippen LogP contribution < -0.4 is 10.6 Å². The van der Waals surface area contributed by atoms with Crippen molar-refractivity contribution in [1.29, 1.82) is 0 Å². The van der Waals surface area contributed by atoms with Gasteiger partial charge in [0.1, 0.15) is 0 Å². The lowest BCUT2D eigenvalue weighted by atomic mass is 10.1. The van der Waals surface area contributed by atoms with E-state index < -0.39 is 0 Å². The second kappa shape index (κ2) is 5.83. The molecule has 1 aliphatic carbocycles. The third kappa shape index (κ3) is 3.51. The first-order chi connectivity index (χ1) is 9.70. The van der Waals surface area contributed by atoms with Gasteiger partial charge in [0, 0.05) is 29.2 Å². The number of rotatable bonds is 5. The average molecular weight is 333 g/mol. The predicted octanol–water partition coefficient (Wildman–Crippen LogP) is 3.68. The third-order valence-corrected chi connectivity index (χ3v) is 3.92. The summed E-state index contributed by atoms with van der Waals surface area (Å²) < 4.78 is 1.09. The molecule has 0 unspecified atom stereocenters. The molecule has 0 aromatic heterocycles. The van der Waals surface area contributed by atoms with Gasteiger partial charge in [-0.3, -0.25) is 4.79 Å². The number of carbonyl (C=O) groups is 1. The summed E-state index contributed by atoms with van der Waals surface area (Å²) in [5, 5.41) is 8.70. The third-order valence-electron chi connectivity index (χ3n) is 3.43. The van der Waals surface area contributed by atoms with E-state index in [9.17, 15) is 4.79 Å². The summed E-state index contributed by atoms with van der Waals surface area (Å²) >= 11 is 3.47. The minimum absolute atomic E-state index is 0.143. The number of anilines is 1. The Morgan fingerprint density at radius 3 is 2.70 bits per heavy atom. The number of halogens is 1. The maximum Gasteiger partial charge on any atom is 0.221 e. The SMILES string of the molecule is O=C(CCNc1ccc2cc(Br)ccc2c1)NC1CC1. The molecule has 3 rings (SSSR count). The number of hydrogen-bond donors (Lipinski definition) is 2. The standard InChI is InChI=1S/C16H17BrN2O/c17-13-3-1-12-10-15(4-2-11(12)9-13)18-8-7-16(20)19-14-5-6-14/h1-4,9-10,14,18H,5-8H2,(H,19,20). The van der Waals surface area contributed by atoms with E-state index in [2.05, 4.69) is 50.8 Å². The Hall–Kier alpha value is -1.55. The molecule has 4 heteroatoms. The molecule has 0 bridgehead atoms. The van der Waals surface area contributed by atoms with Crippen LogP contribution in [-0.2, 0) is 4.79 Å². The van der Waals surface area contributed by atoms with Crippen molar-refractivity contribution in [2.45, 2.75) is 25.3 Å². The first-order valence-corrected chi connectivity index (χ1v) is 7.72. The Bertz CT molecular complexity index is 637. The molecule has 2 N–H and O–H groups in total. The number of benzene rings is 2. The van der Waals surface area contributed by atoms with Crippen molar-refractivity contribution in [3.63, 3.8) is 0 Å². The summed E-state index contributed by atoms with van der Waals surface area (Å²) in [4.78, 5) is 11.6. The van der Waals surface area contributed by atoms with Gasteiger partial charge in [-0.2, -0.15) is 0 Å². The molecule has 0 heterocycles. The summed E-state index contributed by atoms with van der Waals surface area (Å²) in [6.45, 7) is 0.667. The maximum atomic E-state index is 11.6. The van der Waals surface area contributed by atoms with Crippen LogP contribution in [0.5, 0.6) is 0 Å². The van der Waals surface area contributed by atoms with E-state index in [4.69, 9.17) is 0 Å². The molecule has 2 aromatic carbocycles. The minimum atomic E-state index is 0.143. The Morgan fingerprint density at radius 2 is 1.90 bits per heavy atom. The molecule has 3 nitrogen and oxygen atoms in total. The highest BCUT2D eigenvalue weighted by Crippen LogP contribution is 2.23. The lowest BCUT2D eigenvalue weighted by molar-refractivity contribution is -0.120. The summed E-state index contributed by atoms with van der Waals surface area (Å²) in [6, 6.07) is 12.9. The highest BCUT2D eigenvalue weighted by Gasteiger charge is 2.22. The van der Waals surface area contributed by atoms with Gasteiger partial charge in [0.15, 0.2) is 0 Å². The van der Waals surface area contributed by atoms with Gasteiger partial charge in [-0.05, 0) is 47.9 Å². The molecular weight excluding hydrogens is 316 g/mol. The molecule has 1 aliphatic rings. The van der Waals surface area contributed by atoms with Crippen molar-refractivity contribution in [3.05, 3.63) is 40.9 Å². The summed E-state index contributed by atoms with van der Waals surface area (Å²) in [5.41, 5.74) is 1.05. The smallest absolute Gasteiger partial charge is 0.221 e. The van der Waals surface area contributed by atoms with Gasteiger partial charge in [-0.1, -0.05) is 28.1 Å². The lowest BCUT2D eigenvalue weighted by Crippen LogP contribution is -2.27. The Kier molecular flexibility index (Phi) is 3.92. The van der Waals surface area contributed by atoms with Crippen LogP contribution in [0, 0.1) is 0 Å². The van der Waals surface area contributed by atoms with Crippen LogP contribution >= 0.6 is 15.9 Å². The second-order valence-electron chi connectivity index (χ2n) is 5.22. The molecule has 20 heavy (non-hydrogen) atoms. The predicted molar refractivity (Wildman–Crippen MR) is 85.9 cm³/mol. The van der Waals surface area contributed by atoms with Crippen LogP contribution in [0.25, 0.3) is 10.8 Å². The fraction of sp³-hybridized carbons (Fsp3) is 0.312. The molecule has 1 fully saturated rings. The minimum Gasteiger partial charge on any atom is -0.385 e. The number of nitrogens with one attached hydrogen (secondary N) is 2. The number of fused-ring (bicyclic) bond motifs is 1. The summed E-state index contributed by atoms with van der Waals surface area (Å²) in [5.74, 6) is 0.143. The Balaban J connectivity index is 1.56. The molecule has 0 radical (unpaired) electrons. The van der Waals surface area contributed by atoms with Gasteiger partial charge in [-0.25, -0.2) is 0 Å². The largest absolute Gasteiger partial charge is 0.385 e. The van der Waals surface area contributed by atoms with Gasteiger partial charge in [0.25, 0.3) is 0 Å². The van der Waals surface area contributed by atoms with Crippen LogP contribution in [0.3, 0.4) is 0 Å². The average Bonchev–Trinajstić information content (AvgIpc) is 3.23. The summed E-state index contributed by atoms with van der Waals surface area (Å²) in [7, 11) is 0. The van der Waals surface area contributed by atoms with Crippen LogP contribution in [0.1, 0.15) is 19.3 Å². The van der Waals surface area contributed by atoms with Crippen LogP contribution in [0.2, 0.25) is 0 Å². The topological polar surface area (TPSA) is 41.1 Å². The van der Waals surface area contributed by atoms with Crippen molar-refractivity contribution in [2.75, 3.05) is 11.9 Å². The first kappa shape index (κ1) is 13.4. The fourth-order valence-corrected chi connectivity index (χ4v) is 2.55. The zero-order valence-corrected chi connectivity index (χ0v) is 12.7. The Morgan fingerprint density at radius 1 is 1.15 bits per heavy atom. The van der Waals surface area contributed by atoms with Crippen LogP contribution in [0.4, 0.5) is 5.69 Å². The van der Waals surface area contributed by atoms with Gasteiger partial charge < -0.3 is 10.6 Å². The summed E-state index contributed by atoms with van der Waals surface area (Å²) in [6.07, 6.45) is 2.80. The molecular formula is C16H17BrN2O. The Labute approximate surface area is 126 Å². The monoisotopic (exact) mass is 332 g/mol. The van der Waals surface area contributed by atoms with Crippen molar-refractivity contribution in [2.24, 2.45) is 0 Å². The molecule has 0 atom stereocenters. The molecule has 0 aliphatic heterocycles. The van der Waals surface area contributed by atoms with Gasteiger partial charge in [0.05, 0.1) is 0 Å². The van der Waals surface area contributed by atoms with Gasteiger partial charge in [-0.15, -0.1) is 0 Å². The first-order valence-electron chi connectivity index (χ1n) is 6.93. The maximum absolute atomic E-state index is 11.6. The lowest BCUT2D eigenvalue weighted by Gasteiger charge is -2.08. The van der Waals surface area contributed by atoms with E-state index in [1.807, 2.05) is 12.1 Å². The number of carbonyl (C=O) groups excluding carboxylic acids is 1. The molecule has 0 saturated heterocycles. The van der Waals surface area contributed by atoms with E-state index >= 15 is 0 Å². The highest BCUT2D eigenvalue weighted by molar-refractivity contribution is 9.10. The van der Waals surface area contributed by atoms with Crippen molar-refractivity contribution >= 4 is 38.3 Å². The molecule has 2 aromatic rings. The van der Waals surface area contributed by atoms with Gasteiger partial charge >= 0.3 is 0 Å². The molecule has 1 amide bonds. The van der Waals surface area contributed by atoms with E-state index in [1.54, 1.807) is 0 Å². The number of amides is 1. The van der Waals surface area contributed by atoms with Crippen LogP contribution in [0.15, 0.2) is 40.9 Å². The van der Waals surface area contributed by atoms with Gasteiger partial charge in [0.2, 0.25) is 5.91 Å². The molecule has 1 saturated carbocycles. The van der Waals surface area contributed by atoms with E-state index in [-0.39, 0.29) is 5.91 Å². The van der Waals surface area contributed by atoms with Crippen molar-refractivity contribution in [1.82, 2.24) is 5.32 Å². The van der Waals surface area contributed by atoms with E-state index in [0.29, 0.717) is 19.0 Å². The second-order valence-corrected chi connectivity index (χ2v) is 6.14. The van der Waals surface area contributed by atoms with E-state index in [0.717, 1.165) is 23.0 Å². The highest BCUT2D eigenvalue weighted by atomic mass is 79.9. The van der Waals surface area contributed by atoms with Crippen LogP contribution in [-0.4, -0.2) is 18.5 Å². The molecule has 104 valence electrons. The van der Waals surface area contributed by atoms with Crippen molar-refractivity contribution < 1.29 is 4.79 Å².